The Bertz CT molecular complexity index is 381. The molecule has 0 aliphatic heterocycles. The summed E-state index contributed by atoms with van der Waals surface area (Å²) < 4.78 is 11.0. The molecule has 0 aromatic heterocycles. The third-order valence-electron chi connectivity index (χ3n) is 2.01. The minimum atomic E-state index is -0.424. The van der Waals surface area contributed by atoms with Gasteiger partial charge in [-0.1, -0.05) is 15.9 Å². The number of hydrogen-bond acceptors (Lipinski definition) is 4. The number of rotatable bonds is 4. The Morgan fingerprint density at radius 3 is 2.81 bits per heavy atom. The first kappa shape index (κ1) is 13.0. The first-order valence-electron chi connectivity index (χ1n) is 4.83. The quantitative estimate of drug-likeness (QED) is 0.860. The van der Waals surface area contributed by atoms with Gasteiger partial charge in [0.05, 0.1) is 7.11 Å². The maximum Gasteiger partial charge on any atom is 0.341 e. The van der Waals surface area contributed by atoms with Crippen LogP contribution in [0.3, 0.4) is 0 Å². The zero-order valence-electron chi connectivity index (χ0n) is 9.20. The Morgan fingerprint density at radius 2 is 2.25 bits per heavy atom. The Morgan fingerprint density at radius 1 is 1.56 bits per heavy atom. The molecule has 1 atom stereocenters. The topological polar surface area (TPSA) is 61.5 Å². The van der Waals surface area contributed by atoms with Gasteiger partial charge in [0.2, 0.25) is 0 Å². The van der Waals surface area contributed by atoms with Crippen molar-refractivity contribution in [1.29, 1.82) is 0 Å². The van der Waals surface area contributed by atoms with E-state index >= 15 is 0 Å². The van der Waals surface area contributed by atoms with E-state index in [0.717, 1.165) is 4.47 Å². The van der Waals surface area contributed by atoms with Crippen LogP contribution in [-0.2, 0) is 4.74 Å². The molecule has 1 unspecified atom stereocenters. The van der Waals surface area contributed by atoms with Crippen molar-refractivity contribution in [3.63, 3.8) is 0 Å². The number of hydrogen-bond donors (Lipinski definition) is 1. The van der Waals surface area contributed by atoms with Gasteiger partial charge in [0.25, 0.3) is 0 Å². The lowest BCUT2D eigenvalue weighted by Gasteiger charge is -2.15. The molecule has 4 nitrogen and oxygen atoms in total. The Hall–Kier alpha value is -1.07. The highest BCUT2D eigenvalue weighted by molar-refractivity contribution is 9.10. The molecule has 1 aromatic carbocycles. The van der Waals surface area contributed by atoms with E-state index in [4.69, 9.17) is 10.5 Å². The second kappa shape index (κ2) is 5.86. The summed E-state index contributed by atoms with van der Waals surface area (Å²) in [4.78, 5) is 11.5. The zero-order valence-corrected chi connectivity index (χ0v) is 10.8. The van der Waals surface area contributed by atoms with Crippen molar-refractivity contribution in [2.45, 2.75) is 13.0 Å². The summed E-state index contributed by atoms with van der Waals surface area (Å²) >= 11 is 3.32. The lowest BCUT2D eigenvalue weighted by atomic mass is 10.2. The second-order valence-electron chi connectivity index (χ2n) is 3.30. The zero-order chi connectivity index (χ0) is 12.1. The summed E-state index contributed by atoms with van der Waals surface area (Å²) in [5, 5.41) is 0. The molecule has 0 aliphatic carbocycles. The molecule has 2 N–H and O–H groups in total. The van der Waals surface area contributed by atoms with Gasteiger partial charge in [-0.25, -0.2) is 4.79 Å². The number of benzene rings is 1. The van der Waals surface area contributed by atoms with Crippen molar-refractivity contribution >= 4 is 21.9 Å². The van der Waals surface area contributed by atoms with Crippen LogP contribution in [0.15, 0.2) is 22.7 Å². The first-order valence-corrected chi connectivity index (χ1v) is 5.62. The smallest absolute Gasteiger partial charge is 0.341 e. The number of methoxy groups -OCH3 is 1. The van der Waals surface area contributed by atoms with Crippen LogP contribution in [0, 0.1) is 0 Å². The van der Waals surface area contributed by atoms with Crippen LogP contribution >= 0.6 is 15.9 Å². The van der Waals surface area contributed by atoms with Gasteiger partial charge in [0.15, 0.2) is 0 Å². The van der Waals surface area contributed by atoms with E-state index in [2.05, 4.69) is 20.7 Å². The fraction of sp³-hybridized carbons (Fsp3) is 0.364. The SMILES string of the molecule is COC(=O)c1ccc(Br)cc1OC(C)CN. The molecule has 0 spiro atoms. The van der Waals surface area contributed by atoms with E-state index in [1.165, 1.54) is 7.11 Å². The summed E-state index contributed by atoms with van der Waals surface area (Å²) in [7, 11) is 1.33. The predicted octanol–water partition coefficient (Wildman–Crippen LogP) is 1.96. The standard InChI is InChI=1S/C11H14BrNO3/c1-7(6-13)16-10-5-8(12)3-4-9(10)11(14)15-2/h3-5,7H,6,13H2,1-2H3. The molecule has 0 amide bonds. The van der Waals surface area contributed by atoms with Crippen molar-refractivity contribution in [3.05, 3.63) is 28.2 Å². The molecule has 1 aromatic rings. The minimum Gasteiger partial charge on any atom is -0.488 e. The molecule has 0 fully saturated rings. The normalized spacial score (nSPS) is 12.0. The van der Waals surface area contributed by atoms with E-state index in [-0.39, 0.29) is 6.10 Å². The van der Waals surface area contributed by atoms with Crippen LogP contribution in [0.1, 0.15) is 17.3 Å². The van der Waals surface area contributed by atoms with Crippen molar-refractivity contribution in [2.24, 2.45) is 5.73 Å². The average molecular weight is 288 g/mol. The highest BCUT2D eigenvalue weighted by Crippen LogP contribution is 2.25. The van der Waals surface area contributed by atoms with Gasteiger partial charge in [-0.3, -0.25) is 0 Å². The van der Waals surface area contributed by atoms with Gasteiger partial charge in [0, 0.05) is 11.0 Å². The summed E-state index contributed by atoms with van der Waals surface area (Å²) in [6.07, 6.45) is -0.155. The van der Waals surface area contributed by atoms with Gasteiger partial charge in [0.1, 0.15) is 17.4 Å². The molecule has 0 saturated heterocycles. The molecule has 1 rings (SSSR count). The monoisotopic (exact) mass is 287 g/mol. The molecule has 0 radical (unpaired) electrons. The number of nitrogens with two attached hydrogens (primary N) is 1. The lowest BCUT2D eigenvalue weighted by Crippen LogP contribution is -2.23. The Labute approximate surface area is 103 Å². The average Bonchev–Trinajstić information content (AvgIpc) is 2.28. The summed E-state index contributed by atoms with van der Waals surface area (Å²) in [6, 6.07) is 5.12. The molecular formula is C11H14BrNO3. The number of esters is 1. The minimum absolute atomic E-state index is 0.155. The number of carbonyl (C=O) groups excluding carboxylic acids is 1. The van der Waals surface area contributed by atoms with Crippen LogP contribution in [0.2, 0.25) is 0 Å². The predicted molar refractivity (Wildman–Crippen MR) is 64.6 cm³/mol. The summed E-state index contributed by atoms with van der Waals surface area (Å²) in [5.74, 6) is 0.0471. The fourth-order valence-electron chi connectivity index (χ4n) is 1.14. The molecule has 88 valence electrons. The van der Waals surface area contributed by atoms with Crippen LogP contribution in [0.25, 0.3) is 0 Å². The van der Waals surface area contributed by atoms with Gasteiger partial charge in [-0.05, 0) is 25.1 Å². The van der Waals surface area contributed by atoms with E-state index in [1.807, 2.05) is 6.92 Å². The van der Waals surface area contributed by atoms with Crippen molar-refractivity contribution < 1.29 is 14.3 Å². The maximum absolute atomic E-state index is 11.5. The third kappa shape index (κ3) is 3.21. The number of ether oxygens (including phenoxy) is 2. The molecule has 0 heterocycles. The molecular weight excluding hydrogens is 274 g/mol. The first-order chi connectivity index (χ1) is 7.58. The van der Waals surface area contributed by atoms with E-state index in [9.17, 15) is 4.79 Å². The van der Waals surface area contributed by atoms with Gasteiger partial charge < -0.3 is 15.2 Å². The van der Waals surface area contributed by atoms with Crippen molar-refractivity contribution in [1.82, 2.24) is 0 Å². The largest absolute Gasteiger partial charge is 0.488 e. The second-order valence-corrected chi connectivity index (χ2v) is 4.21. The Balaban J connectivity index is 3.03. The highest BCUT2D eigenvalue weighted by atomic mass is 79.9. The fourth-order valence-corrected chi connectivity index (χ4v) is 1.48. The third-order valence-corrected chi connectivity index (χ3v) is 2.50. The van der Waals surface area contributed by atoms with Gasteiger partial charge >= 0.3 is 5.97 Å². The highest BCUT2D eigenvalue weighted by Gasteiger charge is 2.15. The number of halogens is 1. The lowest BCUT2D eigenvalue weighted by molar-refractivity contribution is 0.0594. The van der Waals surface area contributed by atoms with E-state index in [0.29, 0.717) is 17.9 Å². The van der Waals surface area contributed by atoms with Crippen LogP contribution in [0.5, 0.6) is 5.75 Å². The molecule has 0 aliphatic rings. The Kier molecular flexibility index (Phi) is 4.76. The maximum atomic E-state index is 11.5. The van der Waals surface area contributed by atoms with Crippen LogP contribution < -0.4 is 10.5 Å². The molecule has 0 saturated carbocycles. The summed E-state index contributed by atoms with van der Waals surface area (Å²) in [6.45, 7) is 2.22. The summed E-state index contributed by atoms with van der Waals surface area (Å²) in [5.41, 5.74) is 5.86. The van der Waals surface area contributed by atoms with Crippen molar-refractivity contribution in [3.8, 4) is 5.75 Å². The van der Waals surface area contributed by atoms with Gasteiger partial charge in [-0.2, -0.15) is 0 Å². The van der Waals surface area contributed by atoms with E-state index < -0.39 is 5.97 Å². The van der Waals surface area contributed by atoms with E-state index in [1.54, 1.807) is 18.2 Å². The van der Waals surface area contributed by atoms with Crippen molar-refractivity contribution in [2.75, 3.05) is 13.7 Å². The van der Waals surface area contributed by atoms with Gasteiger partial charge in [-0.15, -0.1) is 0 Å². The molecule has 16 heavy (non-hydrogen) atoms. The number of carbonyl (C=O) groups is 1. The molecule has 5 heteroatoms. The molecule has 0 bridgehead atoms. The van der Waals surface area contributed by atoms with Crippen LogP contribution in [0.4, 0.5) is 0 Å². The van der Waals surface area contributed by atoms with Crippen LogP contribution in [-0.4, -0.2) is 25.7 Å².